The molecule has 5 nitrogen and oxygen atoms in total. The van der Waals surface area contributed by atoms with Crippen LogP contribution in [0.15, 0.2) is 46.9 Å². The molecule has 2 N–H and O–H groups in total. The molecule has 0 atom stereocenters. The lowest BCUT2D eigenvalue weighted by molar-refractivity contribution is 0.0697. The van der Waals surface area contributed by atoms with Gasteiger partial charge in [-0.1, -0.05) is 29.3 Å². The van der Waals surface area contributed by atoms with Crippen LogP contribution in [0.2, 0.25) is 0 Å². The fraction of sp³-hybridized carbons (Fsp3) is 0.263. The average molecular weight is 405 g/mol. The number of amides is 1. The minimum absolute atomic E-state index is 0.173. The van der Waals surface area contributed by atoms with Gasteiger partial charge >= 0.3 is 5.97 Å². The number of halogens is 1. The third-order valence-electron chi connectivity index (χ3n) is 3.85. The zero-order valence-corrected chi connectivity index (χ0v) is 15.8. The molecule has 132 valence electrons. The molecule has 0 spiro atoms. The number of carboxylic acid groups (broad SMARTS) is 1. The van der Waals surface area contributed by atoms with Crippen LogP contribution >= 0.6 is 15.9 Å². The van der Waals surface area contributed by atoms with Gasteiger partial charge in [0.2, 0.25) is 0 Å². The Bertz CT molecular complexity index is 760. The van der Waals surface area contributed by atoms with E-state index in [1.807, 2.05) is 11.9 Å². The summed E-state index contributed by atoms with van der Waals surface area (Å²) in [4.78, 5) is 25.8. The van der Waals surface area contributed by atoms with Crippen molar-refractivity contribution in [3.63, 3.8) is 0 Å². The quantitative estimate of drug-likeness (QED) is 0.705. The van der Waals surface area contributed by atoms with Crippen LogP contribution in [-0.4, -0.2) is 30.6 Å². The van der Waals surface area contributed by atoms with Crippen molar-refractivity contribution in [1.29, 1.82) is 0 Å². The summed E-state index contributed by atoms with van der Waals surface area (Å²) in [6.45, 7) is 2.87. The Kier molecular flexibility index (Phi) is 6.58. The standard InChI is InChI=1S/C19H21BrN2O3/c1-3-4-11-22(2)17-10-9-15(12-16(17)19(24)25)21-18(23)13-5-7-14(20)8-6-13/h5-10,12H,3-4,11H2,1-2H3,(H,21,23)(H,24,25). The predicted octanol–water partition coefficient (Wildman–Crippen LogP) is 4.64. The van der Waals surface area contributed by atoms with Crippen molar-refractivity contribution in [2.24, 2.45) is 0 Å². The van der Waals surface area contributed by atoms with Crippen molar-refractivity contribution in [2.75, 3.05) is 23.8 Å². The van der Waals surface area contributed by atoms with E-state index in [0.717, 1.165) is 23.9 Å². The van der Waals surface area contributed by atoms with Gasteiger partial charge in [0, 0.05) is 29.3 Å². The summed E-state index contributed by atoms with van der Waals surface area (Å²) in [6, 6.07) is 11.9. The van der Waals surface area contributed by atoms with Crippen LogP contribution in [0.25, 0.3) is 0 Å². The molecule has 6 heteroatoms. The second-order valence-corrected chi connectivity index (χ2v) is 6.69. The van der Waals surface area contributed by atoms with E-state index < -0.39 is 5.97 Å². The fourth-order valence-electron chi connectivity index (χ4n) is 2.44. The van der Waals surface area contributed by atoms with E-state index in [0.29, 0.717) is 16.9 Å². The number of benzene rings is 2. The second-order valence-electron chi connectivity index (χ2n) is 5.77. The highest BCUT2D eigenvalue weighted by atomic mass is 79.9. The molecule has 2 aromatic rings. The van der Waals surface area contributed by atoms with Gasteiger partial charge in [-0.05, 0) is 48.9 Å². The third kappa shape index (κ3) is 5.06. The van der Waals surface area contributed by atoms with E-state index in [4.69, 9.17) is 0 Å². The first-order chi connectivity index (χ1) is 11.9. The first-order valence-corrected chi connectivity index (χ1v) is 8.87. The SMILES string of the molecule is CCCCN(C)c1ccc(NC(=O)c2ccc(Br)cc2)cc1C(=O)O. The van der Waals surface area contributed by atoms with E-state index in [-0.39, 0.29) is 11.5 Å². The molecule has 0 bridgehead atoms. The van der Waals surface area contributed by atoms with Crippen LogP contribution in [0.4, 0.5) is 11.4 Å². The Balaban J connectivity index is 2.22. The third-order valence-corrected chi connectivity index (χ3v) is 4.38. The highest BCUT2D eigenvalue weighted by Crippen LogP contribution is 2.24. The number of nitrogens with zero attached hydrogens (tertiary/aromatic N) is 1. The van der Waals surface area contributed by atoms with Crippen LogP contribution in [0.3, 0.4) is 0 Å². The van der Waals surface area contributed by atoms with Crippen molar-refractivity contribution in [3.05, 3.63) is 58.1 Å². The minimum atomic E-state index is -1.02. The Hall–Kier alpha value is -2.34. The molecule has 2 aromatic carbocycles. The van der Waals surface area contributed by atoms with Crippen LogP contribution in [0.5, 0.6) is 0 Å². The number of anilines is 2. The molecule has 0 radical (unpaired) electrons. The number of hydrogen-bond donors (Lipinski definition) is 2. The number of carbonyl (C=O) groups excluding carboxylic acids is 1. The van der Waals surface area contributed by atoms with Gasteiger partial charge in [-0.25, -0.2) is 4.79 Å². The molecular weight excluding hydrogens is 384 g/mol. The largest absolute Gasteiger partial charge is 0.478 e. The van der Waals surface area contributed by atoms with Crippen LogP contribution in [-0.2, 0) is 0 Å². The monoisotopic (exact) mass is 404 g/mol. The van der Waals surface area contributed by atoms with Crippen LogP contribution < -0.4 is 10.2 Å². The van der Waals surface area contributed by atoms with Gasteiger partial charge in [0.15, 0.2) is 0 Å². The molecule has 0 saturated carbocycles. The number of carbonyl (C=O) groups is 2. The molecule has 0 heterocycles. The first kappa shape index (κ1) is 19.0. The summed E-state index contributed by atoms with van der Waals surface area (Å²) in [5.41, 5.74) is 1.77. The molecule has 0 unspecified atom stereocenters. The maximum Gasteiger partial charge on any atom is 0.337 e. The Morgan fingerprint density at radius 3 is 2.44 bits per heavy atom. The molecule has 0 fully saturated rings. The lowest BCUT2D eigenvalue weighted by atomic mass is 10.1. The normalized spacial score (nSPS) is 10.4. The predicted molar refractivity (Wildman–Crippen MR) is 104 cm³/mol. The highest BCUT2D eigenvalue weighted by molar-refractivity contribution is 9.10. The van der Waals surface area contributed by atoms with Crippen molar-refractivity contribution in [1.82, 2.24) is 0 Å². The molecule has 0 aliphatic rings. The first-order valence-electron chi connectivity index (χ1n) is 8.07. The summed E-state index contributed by atoms with van der Waals surface area (Å²) < 4.78 is 0.886. The van der Waals surface area contributed by atoms with Gasteiger partial charge < -0.3 is 15.3 Å². The van der Waals surface area contributed by atoms with E-state index in [1.54, 1.807) is 36.4 Å². The number of rotatable bonds is 7. The number of hydrogen-bond acceptors (Lipinski definition) is 3. The molecule has 0 aliphatic heterocycles. The van der Waals surface area contributed by atoms with E-state index in [1.165, 1.54) is 6.07 Å². The summed E-state index contributed by atoms with van der Waals surface area (Å²) in [5, 5.41) is 12.2. The van der Waals surface area contributed by atoms with Gasteiger partial charge in [0.05, 0.1) is 11.3 Å². The zero-order chi connectivity index (χ0) is 18.4. The van der Waals surface area contributed by atoms with Crippen molar-refractivity contribution >= 4 is 39.2 Å². The number of aromatic carboxylic acids is 1. The van der Waals surface area contributed by atoms with Crippen molar-refractivity contribution < 1.29 is 14.7 Å². The molecule has 2 rings (SSSR count). The lowest BCUT2D eigenvalue weighted by Gasteiger charge is -2.21. The maximum absolute atomic E-state index is 12.3. The van der Waals surface area contributed by atoms with Gasteiger partial charge in [0.25, 0.3) is 5.91 Å². The summed E-state index contributed by atoms with van der Waals surface area (Å²) in [7, 11) is 1.87. The smallest absolute Gasteiger partial charge is 0.337 e. The fourth-order valence-corrected chi connectivity index (χ4v) is 2.70. The maximum atomic E-state index is 12.3. The Labute approximate surface area is 155 Å². The number of nitrogens with one attached hydrogen (secondary N) is 1. The molecule has 25 heavy (non-hydrogen) atoms. The number of unbranched alkanes of at least 4 members (excludes halogenated alkanes) is 1. The molecule has 0 aromatic heterocycles. The van der Waals surface area contributed by atoms with E-state index >= 15 is 0 Å². The van der Waals surface area contributed by atoms with Gasteiger partial charge in [-0.2, -0.15) is 0 Å². The highest BCUT2D eigenvalue weighted by Gasteiger charge is 2.15. The summed E-state index contributed by atoms with van der Waals surface area (Å²) in [5.74, 6) is -1.30. The zero-order valence-electron chi connectivity index (χ0n) is 14.3. The Morgan fingerprint density at radius 2 is 1.84 bits per heavy atom. The van der Waals surface area contributed by atoms with Crippen LogP contribution in [0.1, 0.15) is 40.5 Å². The average Bonchev–Trinajstić information content (AvgIpc) is 2.60. The lowest BCUT2D eigenvalue weighted by Crippen LogP contribution is -2.21. The van der Waals surface area contributed by atoms with Crippen molar-refractivity contribution in [3.8, 4) is 0 Å². The molecular formula is C19H21BrN2O3. The van der Waals surface area contributed by atoms with E-state index in [2.05, 4.69) is 28.2 Å². The van der Waals surface area contributed by atoms with E-state index in [9.17, 15) is 14.7 Å². The Morgan fingerprint density at radius 1 is 1.16 bits per heavy atom. The second kappa shape index (κ2) is 8.67. The molecule has 0 saturated heterocycles. The number of carboxylic acids is 1. The molecule has 0 aliphatic carbocycles. The van der Waals surface area contributed by atoms with Crippen LogP contribution in [0, 0.1) is 0 Å². The van der Waals surface area contributed by atoms with Gasteiger partial charge in [-0.3, -0.25) is 4.79 Å². The minimum Gasteiger partial charge on any atom is -0.478 e. The van der Waals surface area contributed by atoms with Gasteiger partial charge in [0.1, 0.15) is 0 Å². The van der Waals surface area contributed by atoms with Gasteiger partial charge in [-0.15, -0.1) is 0 Å². The molecule has 1 amide bonds. The summed E-state index contributed by atoms with van der Waals surface area (Å²) >= 11 is 3.32. The summed E-state index contributed by atoms with van der Waals surface area (Å²) in [6.07, 6.45) is 2.02. The topological polar surface area (TPSA) is 69.6 Å². The van der Waals surface area contributed by atoms with Crippen molar-refractivity contribution in [2.45, 2.75) is 19.8 Å².